The molecule has 6 nitrogen and oxygen atoms in total. The highest BCUT2D eigenvalue weighted by molar-refractivity contribution is 5.80. The highest BCUT2D eigenvalue weighted by Gasteiger charge is 2.74. The predicted octanol–water partition coefficient (Wildman–Crippen LogP) is 0.339. The first-order valence-electron chi connectivity index (χ1n) is 7.49. The molecule has 2 N–H and O–H groups in total. The number of aliphatic carboxylic acids is 1. The second kappa shape index (κ2) is 3.67. The average molecular weight is 279 g/mol. The Morgan fingerprint density at radius 3 is 2.75 bits per heavy atom. The zero-order valence-electron chi connectivity index (χ0n) is 11.8. The van der Waals surface area contributed by atoms with Gasteiger partial charge in [-0.05, 0) is 24.7 Å². The summed E-state index contributed by atoms with van der Waals surface area (Å²) in [6.07, 6.45) is 2.65. The maximum atomic E-state index is 12.5. The number of amides is 2. The van der Waals surface area contributed by atoms with Crippen LogP contribution in [0.4, 0.5) is 4.79 Å². The first-order chi connectivity index (χ1) is 9.47. The van der Waals surface area contributed by atoms with Gasteiger partial charge in [0.05, 0.1) is 12.0 Å². The molecule has 0 aromatic heterocycles. The van der Waals surface area contributed by atoms with Gasteiger partial charge in [-0.2, -0.15) is 0 Å². The molecule has 3 saturated carbocycles. The van der Waals surface area contributed by atoms with Crippen LogP contribution in [0.15, 0.2) is 0 Å². The van der Waals surface area contributed by atoms with Crippen molar-refractivity contribution in [3.8, 4) is 0 Å². The highest BCUT2D eigenvalue weighted by atomic mass is 16.4. The summed E-state index contributed by atoms with van der Waals surface area (Å²) in [6, 6.07) is 0.478. The van der Waals surface area contributed by atoms with Gasteiger partial charge in [-0.1, -0.05) is 6.92 Å². The van der Waals surface area contributed by atoms with Gasteiger partial charge in [0.1, 0.15) is 0 Å². The molecule has 110 valence electrons. The number of nitrogens with zero attached hydrogens (tertiary/aromatic N) is 2. The molecule has 20 heavy (non-hydrogen) atoms. The van der Waals surface area contributed by atoms with E-state index >= 15 is 0 Å². The zero-order valence-corrected chi connectivity index (χ0v) is 11.8. The number of piperazine rings is 1. The van der Waals surface area contributed by atoms with Crippen LogP contribution in [0.25, 0.3) is 0 Å². The Bertz CT molecular complexity index is 472. The molecule has 0 radical (unpaired) electrons. The van der Waals surface area contributed by atoms with Crippen molar-refractivity contribution in [3.63, 3.8) is 0 Å². The lowest BCUT2D eigenvalue weighted by Crippen LogP contribution is -2.77. The van der Waals surface area contributed by atoms with Crippen LogP contribution >= 0.6 is 0 Å². The Balaban J connectivity index is 1.47. The fourth-order valence-electron chi connectivity index (χ4n) is 4.83. The molecule has 1 unspecified atom stereocenters. The van der Waals surface area contributed by atoms with Crippen molar-refractivity contribution < 1.29 is 14.7 Å². The van der Waals surface area contributed by atoms with Gasteiger partial charge in [-0.25, -0.2) is 4.79 Å². The lowest BCUT2D eigenvalue weighted by molar-refractivity contribution is -0.230. The topological polar surface area (TPSA) is 72.9 Å². The normalized spacial score (nSPS) is 43.6. The zero-order chi connectivity index (χ0) is 14.1. The molecule has 0 aromatic carbocycles. The first kappa shape index (κ1) is 12.4. The molecule has 2 bridgehead atoms. The van der Waals surface area contributed by atoms with Crippen molar-refractivity contribution in [2.24, 2.45) is 11.3 Å². The lowest BCUT2D eigenvalue weighted by Gasteiger charge is -2.74. The van der Waals surface area contributed by atoms with Crippen LogP contribution in [0.1, 0.15) is 26.2 Å². The number of nitrogens with one attached hydrogen (secondary N) is 1. The van der Waals surface area contributed by atoms with Crippen LogP contribution in [0.3, 0.4) is 0 Å². The fourth-order valence-corrected chi connectivity index (χ4v) is 4.83. The molecule has 2 aliphatic heterocycles. The number of carboxylic acid groups (broad SMARTS) is 1. The number of carboxylic acids is 1. The van der Waals surface area contributed by atoms with E-state index < -0.39 is 5.97 Å². The van der Waals surface area contributed by atoms with Crippen LogP contribution in [0.5, 0.6) is 0 Å². The molecule has 3 aliphatic carbocycles. The van der Waals surface area contributed by atoms with Crippen molar-refractivity contribution in [2.45, 2.75) is 37.8 Å². The third-order valence-corrected chi connectivity index (χ3v) is 6.13. The quantitative estimate of drug-likeness (QED) is 0.781. The van der Waals surface area contributed by atoms with Crippen LogP contribution in [-0.4, -0.2) is 64.7 Å². The number of rotatable bonds is 3. The van der Waals surface area contributed by atoms with Crippen LogP contribution in [-0.2, 0) is 4.79 Å². The molecule has 5 fully saturated rings. The summed E-state index contributed by atoms with van der Waals surface area (Å²) in [5.41, 5.74) is -0.0500. The molecule has 2 atom stereocenters. The lowest BCUT2D eigenvalue weighted by atomic mass is 9.35. The highest BCUT2D eigenvalue weighted by Crippen LogP contribution is 2.73. The number of carbonyl (C=O) groups is 2. The Hall–Kier alpha value is -1.30. The number of fused-ring (bicyclic) bond motifs is 1. The van der Waals surface area contributed by atoms with Crippen LogP contribution in [0, 0.1) is 11.3 Å². The monoisotopic (exact) mass is 279 g/mol. The Morgan fingerprint density at radius 1 is 1.45 bits per heavy atom. The Labute approximate surface area is 118 Å². The SMILES string of the molecule is CC(C(=O)O)C12CC(N3C[C@@H]4CNCCN4C3=O)(C1)C2. The summed E-state index contributed by atoms with van der Waals surface area (Å²) in [5, 5.41) is 12.5. The van der Waals surface area contributed by atoms with E-state index in [-0.39, 0.29) is 22.9 Å². The summed E-state index contributed by atoms with van der Waals surface area (Å²) >= 11 is 0. The van der Waals surface area contributed by atoms with E-state index in [2.05, 4.69) is 5.32 Å². The largest absolute Gasteiger partial charge is 0.481 e. The van der Waals surface area contributed by atoms with E-state index in [1.54, 1.807) is 0 Å². The minimum absolute atomic E-state index is 0.0157. The van der Waals surface area contributed by atoms with Crippen molar-refractivity contribution >= 4 is 12.0 Å². The number of urea groups is 1. The van der Waals surface area contributed by atoms with Gasteiger partial charge in [0.25, 0.3) is 0 Å². The minimum Gasteiger partial charge on any atom is -0.481 e. The molecule has 2 heterocycles. The number of carbonyl (C=O) groups excluding carboxylic acids is 1. The van der Waals surface area contributed by atoms with Crippen LogP contribution in [0.2, 0.25) is 0 Å². The third kappa shape index (κ3) is 1.33. The van der Waals surface area contributed by atoms with E-state index in [0.29, 0.717) is 6.04 Å². The van der Waals surface area contributed by atoms with E-state index in [0.717, 1.165) is 45.4 Å². The maximum absolute atomic E-state index is 12.5. The van der Waals surface area contributed by atoms with E-state index in [4.69, 9.17) is 0 Å². The van der Waals surface area contributed by atoms with Crippen molar-refractivity contribution in [2.75, 3.05) is 26.2 Å². The molecule has 2 amide bonds. The molecule has 5 aliphatic rings. The van der Waals surface area contributed by atoms with E-state index in [9.17, 15) is 14.7 Å². The minimum atomic E-state index is -0.701. The van der Waals surface area contributed by atoms with Gasteiger partial charge < -0.3 is 20.2 Å². The van der Waals surface area contributed by atoms with Crippen molar-refractivity contribution in [1.29, 1.82) is 0 Å². The number of hydrogen-bond acceptors (Lipinski definition) is 3. The van der Waals surface area contributed by atoms with Gasteiger partial charge in [-0.15, -0.1) is 0 Å². The molecule has 2 saturated heterocycles. The van der Waals surface area contributed by atoms with Gasteiger partial charge >= 0.3 is 12.0 Å². The Kier molecular flexibility index (Phi) is 2.28. The van der Waals surface area contributed by atoms with Crippen molar-refractivity contribution in [1.82, 2.24) is 15.1 Å². The second-order valence-electron chi connectivity index (χ2n) is 7.12. The van der Waals surface area contributed by atoms with Gasteiger partial charge in [0, 0.05) is 31.7 Å². The van der Waals surface area contributed by atoms with Crippen LogP contribution < -0.4 is 5.32 Å². The predicted molar refractivity (Wildman–Crippen MR) is 71.3 cm³/mol. The third-order valence-electron chi connectivity index (χ3n) is 6.13. The van der Waals surface area contributed by atoms with E-state index in [1.165, 1.54) is 0 Å². The molecule has 6 heteroatoms. The van der Waals surface area contributed by atoms with Gasteiger partial charge in [0.2, 0.25) is 0 Å². The molecule has 0 aromatic rings. The molecule has 5 rings (SSSR count). The van der Waals surface area contributed by atoms with Gasteiger partial charge in [0.15, 0.2) is 0 Å². The standard InChI is InChI=1S/C14H21N3O3/c1-9(11(18)19)13-6-14(7-13,8-13)17-5-10-4-15-2-3-16(10)12(17)20/h9-10,15H,2-8H2,1H3,(H,18,19)/t9?,10-,13?,14?/m0/s1. The van der Waals surface area contributed by atoms with Gasteiger partial charge in [-0.3, -0.25) is 4.79 Å². The smallest absolute Gasteiger partial charge is 0.320 e. The van der Waals surface area contributed by atoms with Crippen molar-refractivity contribution in [3.05, 3.63) is 0 Å². The summed E-state index contributed by atoms with van der Waals surface area (Å²) in [5.74, 6) is -0.987. The molecule has 0 spiro atoms. The molecular weight excluding hydrogens is 258 g/mol. The number of hydrogen-bond donors (Lipinski definition) is 2. The summed E-state index contributed by atoms with van der Waals surface area (Å²) < 4.78 is 0. The van der Waals surface area contributed by atoms with E-state index in [1.807, 2.05) is 16.7 Å². The maximum Gasteiger partial charge on any atom is 0.320 e. The average Bonchev–Trinajstić information content (AvgIpc) is 2.64. The fraction of sp³-hybridized carbons (Fsp3) is 0.857. The first-order valence-corrected chi connectivity index (χ1v) is 7.49. The Morgan fingerprint density at radius 2 is 2.15 bits per heavy atom. The summed E-state index contributed by atoms with van der Waals surface area (Å²) in [7, 11) is 0. The summed E-state index contributed by atoms with van der Waals surface area (Å²) in [6.45, 7) is 5.18. The molecular formula is C14H21N3O3. The summed E-state index contributed by atoms with van der Waals surface area (Å²) in [4.78, 5) is 27.7. The second-order valence-corrected chi connectivity index (χ2v) is 7.12.